The number of hydrogen-bond donors (Lipinski definition) is 4. The third-order valence-corrected chi connectivity index (χ3v) is 9.79. The minimum absolute atomic E-state index is 0.00107. The lowest BCUT2D eigenvalue weighted by Gasteiger charge is -2.32. The number of amides is 3. The van der Waals surface area contributed by atoms with E-state index in [4.69, 9.17) is 9.05 Å². The van der Waals surface area contributed by atoms with Crippen LogP contribution in [0.25, 0.3) is 0 Å². The highest BCUT2D eigenvalue weighted by atomic mass is 31.2. The van der Waals surface area contributed by atoms with Crippen molar-refractivity contribution >= 4 is 25.5 Å². The lowest BCUT2D eigenvalue weighted by molar-refractivity contribution is -0.131. The molecule has 0 spiro atoms. The fourth-order valence-electron chi connectivity index (χ4n) is 5.36. The highest BCUT2D eigenvalue weighted by Crippen LogP contribution is 2.53. The third-order valence-electron chi connectivity index (χ3n) is 7.55. The maximum atomic E-state index is 13.4. The van der Waals surface area contributed by atoms with Crippen molar-refractivity contribution in [3.8, 4) is 0 Å². The van der Waals surface area contributed by atoms with Gasteiger partial charge >= 0.3 is 13.7 Å². The van der Waals surface area contributed by atoms with Crippen molar-refractivity contribution in [1.29, 1.82) is 0 Å². The highest BCUT2D eigenvalue weighted by Gasteiger charge is 2.41. The molecule has 12 heteroatoms. The number of likely N-dealkylation sites (N-methyl/N-ethyl adjacent to an activating group) is 1. The Morgan fingerprint density at radius 2 is 1.66 bits per heavy atom. The van der Waals surface area contributed by atoms with Gasteiger partial charge in [0.25, 0.3) is 0 Å². The minimum Gasteiger partial charge on any atom is -0.465 e. The Kier molecular flexibility index (Phi) is 14.8. The van der Waals surface area contributed by atoms with Crippen LogP contribution in [0.15, 0.2) is 30.3 Å². The fourth-order valence-corrected chi connectivity index (χ4v) is 7.12. The maximum Gasteiger partial charge on any atom is 0.405 e. The van der Waals surface area contributed by atoms with Crippen molar-refractivity contribution in [2.24, 2.45) is 5.92 Å². The van der Waals surface area contributed by atoms with Crippen LogP contribution in [-0.2, 0) is 23.2 Å². The van der Waals surface area contributed by atoms with Crippen LogP contribution in [0, 0.1) is 5.92 Å². The molecule has 0 aromatic heterocycles. The van der Waals surface area contributed by atoms with Crippen molar-refractivity contribution in [3.63, 3.8) is 0 Å². The van der Waals surface area contributed by atoms with Crippen LogP contribution in [0.4, 0.5) is 4.79 Å². The molecule has 4 atom stereocenters. The van der Waals surface area contributed by atoms with Crippen LogP contribution in [0.5, 0.6) is 0 Å². The average Bonchev–Trinajstić information content (AvgIpc) is 2.95. The summed E-state index contributed by atoms with van der Waals surface area (Å²) in [5.74, 6) is -2.35. The summed E-state index contributed by atoms with van der Waals surface area (Å²) >= 11 is 0. The van der Waals surface area contributed by atoms with Gasteiger partial charge in [0.15, 0.2) is 5.85 Å². The second kappa shape index (κ2) is 17.5. The van der Waals surface area contributed by atoms with E-state index < -0.39 is 37.5 Å². The summed E-state index contributed by atoms with van der Waals surface area (Å²) in [7, 11) is -2.39. The molecule has 1 fully saturated rings. The molecule has 0 heterocycles. The molecule has 1 aromatic rings. The number of aliphatic hydroxyl groups is 1. The number of nitrogens with one attached hydrogen (secondary N) is 2. The summed E-state index contributed by atoms with van der Waals surface area (Å²) in [5, 5.41) is 25.5. The summed E-state index contributed by atoms with van der Waals surface area (Å²) in [6, 6.07) is 7.57. The van der Waals surface area contributed by atoms with E-state index in [2.05, 4.69) is 10.6 Å². The van der Waals surface area contributed by atoms with Crippen LogP contribution >= 0.6 is 7.60 Å². The van der Waals surface area contributed by atoms with Crippen molar-refractivity contribution in [2.45, 2.75) is 96.0 Å². The molecule has 11 nitrogen and oxygen atoms in total. The van der Waals surface area contributed by atoms with Crippen LogP contribution in [0.2, 0.25) is 0 Å². The molecule has 41 heavy (non-hydrogen) atoms. The molecule has 2 rings (SSSR count). The van der Waals surface area contributed by atoms with E-state index in [0.717, 1.165) is 37.7 Å². The number of benzene rings is 1. The van der Waals surface area contributed by atoms with E-state index >= 15 is 0 Å². The Bertz CT molecular complexity index is 995. The van der Waals surface area contributed by atoms with Gasteiger partial charge in [0, 0.05) is 20.0 Å². The zero-order valence-electron chi connectivity index (χ0n) is 24.8. The van der Waals surface area contributed by atoms with Gasteiger partial charge in [-0.25, -0.2) is 4.79 Å². The molecule has 3 amide bonds. The van der Waals surface area contributed by atoms with Gasteiger partial charge in [-0.1, -0.05) is 69.4 Å². The first-order valence-electron chi connectivity index (χ1n) is 14.7. The Hall–Kier alpha value is -2.46. The molecular weight excluding hydrogens is 549 g/mol. The average molecular weight is 598 g/mol. The first kappa shape index (κ1) is 34.7. The monoisotopic (exact) mass is 597 g/mol. The zero-order chi connectivity index (χ0) is 30.4. The number of nitrogens with zero attached hydrogens (tertiary/aromatic N) is 1. The van der Waals surface area contributed by atoms with E-state index in [0.29, 0.717) is 13.0 Å². The standard InChI is InChI=1S/C29H48N3O8P/c1-5-39-41(38,40-6-2)28(35)24(17-18-26(33)32(4)20-21(3)23-15-11-8-12-16-23)30-27(34)25(31-29(36)37)19-22-13-9-7-10-14-22/h8,11-12,15-16,21-22,24-25,28,31,35H,5-7,9-10,13-14,17-20H2,1-4H3,(H,30,34)(H,36,37)/t21?,24-,25-,28?/m0/s1. The molecule has 0 saturated heterocycles. The molecule has 0 bridgehead atoms. The molecule has 0 radical (unpaired) electrons. The molecule has 1 aliphatic carbocycles. The Morgan fingerprint density at radius 1 is 1.05 bits per heavy atom. The number of carboxylic acid groups (broad SMARTS) is 1. The Morgan fingerprint density at radius 3 is 2.22 bits per heavy atom. The molecular formula is C29H48N3O8P. The molecule has 1 saturated carbocycles. The van der Waals surface area contributed by atoms with E-state index in [1.54, 1.807) is 25.8 Å². The number of carbonyl (C=O) groups excluding carboxylic acids is 2. The molecule has 1 aliphatic rings. The third kappa shape index (κ3) is 11.4. The van der Waals surface area contributed by atoms with Crippen molar-refractivity contribution in [1.82, 2.24) is 15.5 Å². The number of rotatable bonds is 17. The van der Waals surface area contributed by atoms with Gasteiger partial charge in [-0.3, -0.25) is 14.2 Å². The first-order chi connectivity index (χ1) is 19.5. The minimum atomic E-state index is -4.08. The molecule has 1 aromatic carbocycles. The smallest absolute Gasteiger partial charge is 0.405 e. The van der Waals surface area contributed by atoms with Gasteiger partial charge in [0.1, 0.15) is 6.04 Å². The fraction of sp³-hybridized carbons (Fsp3) is 0.690. The van der Waals surface area contributed by atoms with Crippen LogP contribution in [-0.4, -0.2) is 77.8 Å². The SMILES string of the molecule is CCOP(=O)(OCC)C(O)[C@H](CCC(=O)N(C)CC(C)c1ccccc1)NC(=O)[C@H](CC1CCCCC1)NC(=O)O. The van der Waals surface area contributed by atoms with Gasteiger partial charge in [-0.15, -0.1) is 0 Å². The van der Waals surface area contributed by atoms with E-state index in [9.17, 15) is 29.2 Å². The largest absolute Gasteiger partial charge is 0.465 e. The van der Waals surface area contributed by atoms with Gasteiger partial charge in [-0.05, 0) is 44.1 Å². The first-order valence-corrected chi connectivity index (χ1v) is 16.3. The second-order valence-corrected chi connectivity index (χ2v) is 12.9. The lowest BCUT2D eigenvalue weighted by atomic mass is 9.84. The predicted molar refractivity (Wildman–Crippen MR) is 157 cm³/mol. The predicted octanol–water partition coefficient (Wildman–Crippen LogP) is 4.70. The summed E-state index contributed by atoms with van der Waals surface area (Å²) in [5.41, 5.74) is 1.09. The summed E-state index contributed by atoms with van der Waals surface area (Å²) in [6.45, 7) is 5.70. The van der Waals surface area contributed by atoms with Gasteiger partial charge in [-0.2, -0.15) is 0 Å². The second-order valence-electron chi connectivity index (χ2n) is 10.8. The lowest BCUT2D eigenvalue weighted by Crippen LogP contribution is -2.53. The van der Waals surface area contributed by atoms with Crippen LogP contribution in [0.3, 0.4) is 0 Å². The zero-order valence-corrected chi connectivity index (χ0v) is 25.7. The van der Waals surface area contributed by atoms with E-state index in [1.807, 2.05) is 37.3 Å². The van der Waals surface area contributed by atoms with Crippen molar-refractivity contribution < 1.29 is 38.2 Å². The summed E-state index contributed by atoms with van der Waals surface area (Å²) < 4.78 is 24.1. The van der Waals surface area contributed by atoms with Gasteiger partial charge in [0.05, 0.1) is 19.3 Å². The molecule has 2 unspecified atom stereocenters. The van der Waals surface area contributed by atoms with Crippen molar-refractivity contribution in [3.05, 3.63) is 35.9 Å². The van der Waals surface area contributed by atoms with E-state index in [-0.39, 0.29) is 43.8 Å². The topological polar surface area (TPSA) is 154 Å². The highest BCUT2D eigenvalue weighted by molar-refractivity contribution is 7.54. The number of aliphatic hydroxyl groups excluding tert-OH is 1. The number of hydrogen-bond acceptors (Lipinski definition) is 7. The summed E-state index contributed by atoms with van der Waals surface area (Å²) in [4.78, 5) is 39.6. The molecule has 0 aliphatic heterocycles. The Balaban J connectivity index is 2.18. The normalized spacial score (nSPS) is 17.2. The van der Waals surface area contributed by atoms with Gasteiger partial charge in [0.2, 0.25) is 11.8 Å². The van der Waals surface area contributed by atoms with E-state index in [1.165, 1.54) is 0 Å². The molecule has 4 N–H and O–H groups in total. The quantitative estimate of drug-likeness (QED) is 0.188. The molecule has 232 valence electrons. The number of carbonyl (C=O) groups is 3. The summed E-state index contributed by atoms with van der Waals surface area (Å²) in [6.07, 6.45) is 3.85. The Labute approximate surface area is 243 Å². The maximum absolute atomic E-state index is 13.4. The van der Waals surface area contributed by atoms with Crippen LogP contribution < -0.4 is 10.6 Å². The van der Waals surface area contributed by atoms with Crippen molar-refractivity contribution in [2.75, 3.05) is 26.8 Å². The van der Waals surface area contributed by atoms with Gasteiger partial charge < -0.3 is 34.8 Å². The van der Waals surface area contributed by atoms with Crippen LogP contribution in [0.1, 0.15) is 83.6 Å².